The van der Waals surface area contributed by atoms with Crippen molar-refractivity contribution in [1.82, 2.24) is 10.1 Å². The summed E-state index contributed by atoms with van der Waals surface area (Å²) >= 11 is 0. The Kier molecular flexibility index (Phi) is 5.17. The van der Waals surface area contributed by atoms with Gasteiger partial charge in [0.25, 0.3) is 15.9 Å². The number of anilines is 2. The summed E-state index contributed by atoms with van der Waals surface area (Å²) in [4.78, 5) is 18.1. The standard InChI is InChI=1S/C20H20N4O5S/c1-3-19-21-18(22-29-19)11-24-16-10-15(8-9-17(16)28-12-20(24)25)30(26,27)23-14-6-4-13(2)5-7-14/h4-10,23H,3,11-12H2,1-2H3. The first kappa shape index (κ1) is 19.9. The fraction of sp³-hybridized carbons (Fsp3) is 0.250. The van der Waals surface area contributed by atoms with Crippen molar-refractivity contribution in [2.24, 2.45) is 0 Å². The topological polar surface area (TPSA) is 115 Å². The fourth-order valence-corrected chi connectivity index (χ4v) is 4.08. The van der Waals surface area contributed by atoms with Gasteiger partial charge in [-0.05, 0) is 37.3 Å². The molecule has 4 rings (SSSR count). The van der Waals surface area contributed by atoms with Crippen molar-refractivity contribution in [3.8, 4) is 5.75 Å². The van der Waals surface area contributed by atoms with Gasteiger partial charge in [-0.1, -0.05) is 29.8 Å². The number of fused-ring (bicyclic) bond motifs is 1. The highest BCUT2D eigenvalue weighted by Crippen LogP contribution is 2.35. The number of aryl methyl sites for hydroxylation is 2. The number of nitrogens with zero attached hydrogens (tertiary/aromatic N) is 3. The maximum atomic E-state index is 12.9. The first-order valence-corrected chi connectivity index (χ1v) is 10.8. The monoisotopic (exact) mass is 428 g/mol. The normalized spacial score (nSPS) is 13.7. The molecule has 1 aromatic heterocycles. The minimum Gasteiger partial charge on any atom is -0.482 e. The molecule has 0 fully saturated rings. The molecule has 0 atom stereocenters. The molecule has 1 aliphatic heterocycles. The predicted molar refractivity (Wildman–Crippen MR) is 109 cm³/mol. The maximum Gasteiger partial charge on any atom is 0.265 e. The number of ether oxygens (including phenoxy) is 1. The molecular formula is C20H20N4O5S. The summed E-state index contributed by atoms with van der Waals surface area (Å²) in [6, 6.07) is 11.4. The molecule has 0 saturated heterocycles. The van der Waals surface area contributed by atoms with Crippen LogP contribution in [0.2, 0.25) is 0 Å². The van der Waals surface area contributed by atoms with Crippen LogP contribution in [0.15, 0.2) is 51.9 Å². The lowest BCUT2D eigenvalue weighted by molar-refractivity contribution is -0.121. The van der Waals surface area contributed by atoms with Gasteiger partial charge in [-0.3, -0.25) is 14.4 Å². The second kappa shape index (κ2) is 7.79. The smallest absolute Gasteiger partial charge is 0.265 e. The number of carbonyl (C=O) groups excluding carboxylic acids is 1. The van der Waals surface area contributed by atoms with Crippen molar-refractivity contribution in [1.29, 1.82) is 0 Å². The number of nitrogens with one attached hydrogen (secondary N) is 1. The molecule has 0 unspecified atom stereocenters. The van der Waals surface area contributed by atoms with Crippen molar-refractivity contribution in [2.75, 3.05) is 16.2 Å². The third-order valence-electron chi connectivity index (χ3n) is 4.60. The lowest BCUT2D eigenvalue weighted by Crippen LogP contribution is -2.38. The van der Waals surface area contributed by atoms with Gasteiger partial charge >= 0.3 is 0 Å². The third-order valence-corrected chi connectivity index (χ3v) is 5.98. The summed E-state index contributed by atoms with van der Waals surface area (Å²) in [5.74, 6) is 0.873. The Morgan fingerprint density at radius 1 is 1.17 bits per heavy atom. The third kappa shape index (κ3) is 3.99. The van der Waals surface area contributed by atoms with Gasteiger partial charge in [0.15, 0.2) is 12.4 Å². The lowest BCUT2D eigenvalue weighted by atomic mass is 10.2. The van der Waals surface area contributed by atoms with Crippen LogP contribution in [0.1, 0.15) is 24.2 Å². The Hall–Kier alpha value is -3.40. The Morgan fingerprint density at radius 2 is 1.93 bits per heavy atom. The van der Waals surface area contributed by atoms with Crippen LogP contribution < -0.4 is 14.4 Å². The average Bonchev–Trinajstić information content (AvgIpc) is 3.19. The summed E-state index contributed by atoms with van der Waals surface area (Å²) < 4.78 is 38.8. The van der Waals surface area contributed by atoms with Crippen molar-refractivity contribution >= 4 is 27.3 Å². The van der Waals surface area contributed by atoms with E-state index in [1.807, 2.05) is 26.0 Å². The van der Waals surface area contributed by atoms with Crippen molar-refractivity contribution < 1.29 is 22.5 Å². The van der Waals surface area contributed by atoms with E-state index in [9.17, 15) is 13.2 Å². The molecule has 0 saturated carbocycles. The number of aromatic nitrogens is 2. The summed E-state index contributed by atoms with van der Waals surface area (Å²) in [6.07, 6.45) is 0.577. The second-order valence-electron chi connectivity index (χ2n) is 6.83. The molecular weight excluding hydrogens is 408 g/mol. The molecule has 0 bridgehead atoms. The number of sulfonamides is 1. The van der Waals surface area contributed by atoms with Gasteiger partial charge in [-0.2, -0.15) is 4.98 Å². The van der Waals surface area contributed by atoms with Gasteiger partial charge < -0.3 is 9.26 Å². The summed E-state index contributed by atoms with van der Waals surface area (Å²) in [7, 11) is -3.87. The van der Waals surface area contributed by atoms with E-state index in [1.54, 1.807) is 12.1 Å². The fourth-order valence-electron chi connectivity index (χ4n) is 3.00. The summed E-state index contributed by atoms with van der Waals surface area (Å²) in [5, 5.41) is 3.87. The highest BCUT2D eigenvalue weighted by Gasteiger charge is 2.29. The molecule has 30 heavy (non-hydrogen) atoms. The quantitative estimate of drug-likeness (QED) is 0.642. The van der Waals surface area contributed by atoms with Crippen LogP contribution in [0, 0.1) is 6.92 Å². The van der Waals surface area contributed by atoms with Crippen molar-refractivity contribution in [3.63, 3.8) is 0 Å². The lowest BCUT2D eigenvalue weighted by Gasteiger charge is -2.28. The van der Waals surface area contributed by atoms with E-state index in [2.05, 4.69) is 14.9 Å². The van der Waals surface area contributed by atoms with Crippen LogP contribution in [0.3, 0.4) is 0 Å². The Balaban J connectivity index is 1.65. The van der Waals surface area contributed by atoms with Crippen LogP contribution in [0.5, 0.6) is 5.75 Å². The Morgan fingerprint density at radius 3 is 2.63 bits per heavy atom. The number of hydrogen-bond donors (Lipinski definition) is 1. The summed E-state index contributed by atoms with van der Waals surface area (Å²) in [5.41, 5.74) is 1.80. The molecule has 2 aromatic carbocycles. The molecule has 156 valence electrons. The Bertz CT molecular complexity index is 1190. The number of benzene rings is 2. The van der Waals surface area contributed by atoms with Crippen LogP contribution >= 0.6 is 0 Å². The van der Waals surface area contributed by atoms with E-state index in [1.165, 1.54) is 23.1 Å². The number of rotatable bonds is 6. The SMILES string of the molecule is CCc1nc(CN2C(=O)COc3ccc(S(=O)(=O)Nc4ccc(C)cc4)cc32)no1. The molecule has 1 amide bonds. The molecule has 2 heterocycles. The molecule has 0 aliphatic carbocycles. The first-order chi connectivity index (χ1) is 14.4. The zero-order valence-corrected chi connectivity index (χ0v) is 17.3. The zero-order valence-electron chi connectivity index (χ0n) is 16.5. The van der Waals surface area contributed by atoms with E-state index in [0.717, 1.165) is 5.56 Å². The van der Waals surface area contributed by atoms with Gasteiger partial charge in [-0.25, -0.2) is 8.42 Å². The minimum absolute atomic E-state index is 0.00693. The second-order valence-corrected chi connectivity index (χ2v) is 8.51. The largest absolute Gasteiger partial charge is 0.482 e. The van der Waals surface area contributed by atoms with E-state index < -0.39 is 10.0 Å². The highest BCUT2D eigenvalue weighted by atomic mass is 32.2. The Labute approximate surface area is 173 Å². The van der Waals surface area contributed by atoms with Gasteiger partial charge in [0, 0.05) is 12.1 Å². The highest BCUT2D eigenvalue weighted by molar-refractivity contribution is 7.92. The molecule has 0 radical (unpaired) electrons. The maximum absolute atomic E-state index is 12.9. The number of hydrogen-bond acceptors (Lipinski definition) is 7. The number of amides is 1. The van der Waals surface area contributed by atoms with E-state index in [4.69, 9.17) is 9.26 Å². The molecule has 10 heteroatoms. The molecule has 1 N–H and O–H groups in total. The van der Waals surface area contributed by atoms with Gasteiger partial charge in [0.2, 0.25) is 5.89 Å². The average molecular weight is 428 g/mol. The molecule has 3 aromatic rings. The van der Waals surface area contributed by atoms with Crippen LogP contribution in [-0.4, -0.2) is 31.1 Å². The van der Waals surface area contributed by atoms with Gasteiger partial charge in [-0.15, -0.1) is 0 Å². The molecule has 0 spiro atoms. The van der Waals surface area contributed by atoms with Crippen LogP contribution in [-0.2, 0) is 27.8 Å². The van der Waals surface area contributed by atoms with Crippen LogP contribution in [0.4, 0.5) is 11.4 Å². The molecule has 1 aliphatic rings. The van der Waals surface area contributed by atoms with Gasteiger partial charge in [0.05, 0.1) is 17.1 Å². The minimum atomic E-state index is -3.87. The van der Waals surface area contributed by atoms with E-state index >= 15 is 0 Å². The summed E-state index contributed by atoms with van der Waals surface area (Å²) in [6.45, 7) is 3.69. The molecule has 9 nitrogen and oxygen atoms in total. The zero-order chi connectivity index (χ0) is 21.3. The van der Waals surface area contributed by atoms with Crippen LogP contribution in [0.25, 0.3) is 0 Å². The van der Waals surface area contributed by atoms with E-state index in [0.29, 0.717) is 35.3 Å². The van der Waals surface area contributed by atoms with Gasteiger partial charge in [0.1, 0.15) is 5.75 Å². The van der Waals surface area contributed by atoms with Crippen molar-refractivity contribution in [2.45, 2.75) is 31.7 Å². The van der Waals surface area contributed by atoms with E-state index in [-0.39, 0.29) is 24.0 Å². The van der Waals surface area contributed by atoms with Crippen molar-refractivity contribution in [3.05, 3.63) is 59.7 Å². The predicted octanol–water partition coefficient (Wildman–Crippen LogP) is 2.67. The first-order valence-electron chi connectivity index (χ1n) is 9.34. The number of carbonyl (C=O) groups is 1.